The Hall–Kier alpha value is -1.43. The van der Waals surface area contributed by atoms with Gasteiger partial charge in [-0.3, -0.25) is 14.4 Å². The molecule has 3 saturated heterocycles. The number of likely N-dealkylation sites (tertiary alicyclic amines) is 1. The standard InChI is InChI=1S/C12H15NO5/c1-2-8(14)17-5-13-11(15)9-6-3-4-7(18-6)10(9)12(13)16/h6-7,9-10H,2-5H2,1H3. The lowest BCUT2D eigenvalue weighted by atomic mass is 9.81. The third kappa shape index (κ3) is 1.48. The first-order chi connectivity index (χ1) is 8.63. The monoisotopic (exact) mass is 253 g/mol. The van der Waals surface area contributed by atoms with Gasteiger partial charge in [0.25, 0.3) is 0 Å². The highest BCUT2D eigenvalue weighted by Crippen LogP contribution is 2.48. The Morgan fingerprint density at radius 1 is 1.28 bits per heavy atom. The average Bonchev–Trinajstić information content (AvgIpc) is 3.02. The van der Waals surface area contributed by atoms with E-state index in [9.17, 15) is 14.4 Å². The predicted molar refractivity (Wildman–Crippen MR) is 58.0 cm³/mol. The third-order valence-corrected chi connectivity index (χ3v) is 4.02. The van der Waals surface area contributed by atoms with E-state index >= 15 is 0 Å². The maximum absolute atomic E-state index is 12.1. The molecule has 98 valence electrons. The van der Waals surface area contributed by atoms with Crippen molar-refractivity contribution >= 4 is 17.8 Å². The molecule has 4 atom stereocenters. The molecule has 3 fully saturated rings. The summed E-state index contributed by atoms with van der Waals surface area (Å²) in [7, 11) is 0. The van der Waals surface area contributed by atoms with Crippen molar-refractivity contribution in [1.82, 2.24) is 4.90 Å². The molecule has 18 heavy (non-hydrogen) atoms. The van der Waals surface area contributed by atoms with Crippen LogP contribution in [-0.2, 0) is 23.9 Å². The van der Waals surface area contributed by atoms with Crippen molar-refractivity contribution in [3.05, 3.63) is 0 Å². The van der Waals surface area contributed by atoms with E-state index in [0.29, 0.717) is 0 Å². The molecule has 0 aromatic heterocycles. The minimum Gasteiger partial charge on any atom is -0.444 e. The molecule has 0 spiro atoms. The van der Waals surface area contributed by atoms with Gasteiger partial charge < -0.3 is 9.47 Å². The van der Waals surface area contributed by atoms with Crippen LogP contribution in [0.3, 0.4) is 0 Å². The van der Waals surface area contributed by atoms with Gasteiger partial charge in [0.15, 0.2) is 6.73 Å². The largest absolute Gasteiger partial charge is 0.444 e. The normalized spacial score (nSPS) is 37.3. The van der Waals surface area contributed by atoms with Gasteiger partial charge in [-0.2, -0.15) is 0 Å². The molecule has 0 aliphatic carbocycles. The highest BCUT2D eigenvalue weighted by atomic mass is 16.5. The molecular formula is C12H15NO5. The van der Waals surface area contributed by atoms with Crippen LogP contribution in [0.1, 0.15) is 26.2 Å². The summed E-state index contributed by atoms with van der Waals surface area (Å²) in [4.78, 5) is 36.4. The number of carbonyl (C=O) groups excluding carboxylic acids is 3. The van der Waals surface area contributed by atoms with E-state index in [4.69, 9.17) is 9.47 Å². The minimum absolute atomic E-state index is 0.122. The van der Waals surface area contributed by atoms with Gasteiger partial charge in [0.2, 0.25) is 11.8 Å². The van der Waals surface area contributed by atoms with Crippen molar-refractivity contribution in [3.8, 4) is 0 Å². The molecule has 2 amide bonds. The second kappa shape index (κ2) is 4.05. The fourth-order valence-electron chi connectivity index (χ4n) is 3.14. The zero-order valence-corrected chi connectivity index (χ0v) is 10.1. The number of rotatable bonds is 3. The second-order valence-electron chi connectivity index (χ2n) is 4.95. The summed E-state index contributed by atoms with van der Waals surface area (Å²) in [5, 5.41) is 0. The van der Waals surface area contributed by atoms with Crippen molar-refractivity contribution < 1.29 is 23.9 Å². The molecule has 0 radical (unpaired) electrons. The van der Waals surface area contributed by atoms with Crippen molar-refractivity contribution in [2.24, 2.45) is 11.8 Å². The number of hydrogen-bond donors (Lipinski definition) is 0. The maximum atomic E-state index is 12.1. The highest BCUT2D eigenvalue weighted by molar-refractivity contribution is 6.06. The number of esters is 1. The number of ether oxygens (including phenoxy) is 2. The van der Waals surface area contributed by atoms with Crippen LogP contribution in [0.15, 0.2) is 0 Å². The topological polar surface area (TPSA) is 72.9 Å². The fourth-order valence-corrected chi connectivity index (χ4v) is 3.14. The van der Waals surface area contributed by atoms with E-state index in [0.717, 1.165) is 17.7 Å². The Kier molecular flexibility index (Phi) is 2.62. The van der Waals surface area contributed by atoms with Gasteiger partial charge in [-0.15, -0.1) is 0 Å². The second-order valence-corrected chi connectivity index (χ2v) is 4.95. The van der Waals surface area contributed by atoms with Crippen molar-refractivity contribution in [1.29, 1.82) is 0 Å². The lowest BCUT2D eigenvalue weighted by molar-refractivity contribution is -0.157. The highest BCUT2D eigenvalue weighted by Gasteiger charge is 2.62. The van der Waals surface area contributed by atoms with Crippen LogP contribution in [-0.4, -0.2) is 41.6 Å². The van der Waals surface area contributed by atoms with Crippen LogP contribution in [0.5, 0.6) is 0 Å². The molecule has 3 rings (SSSR count). The molecule has 3 aliphatic heterocycles. The number of nitrogens with zero attached hydrogens (tertiary/aromatic N) is 1. The zero-order valence-electron chi connectivity index (χ0n) is 10.1. The first-order valence-electron chi connectivity index (χ1n) is 6.29. The Morgan fingerprint density at radius 3 is 2.33 bits per heavy atom. The van der Waals surface area contributed by atoms with Crippen molar-refractivity contribution in [2.75, 3.05) is 6.73 Å². The lowest BCUT2D eigenvalue weighted by Crippen LogP contribution is -2.36. The van der Waals surface area contributed by atoms with Crippen LogP contribution in [0.4, 0.5) is 0 Å². The zero-order chi connectivity index (χ0) is 12.9. The molecule has 3 aliphatic rings. The van der Waals surface area contributed by atoms with Crippen molar-refractivity contribution in [2.45, 2.75) is 38.4 Å². The smallest absolute Gasteiger partial charge is 0.307 e. The molecular weight excluding hydrogens is 238 g/mol. The Morgan fingerprint density at radius 2 is 1.83 bits per heavy atom. The van der Waals surface area contributed by atoms with E-state index in [1.807, 2.05) is 0 Å². The number of hydrogen-bond acceptors (Lipinski definition) is 5. The van der Waals surface area contributed by atoms with E-state index in [1.54, 1.807) is 6.92 Å². The Balaban J connectivity index is 1.72. The molecule has 2 bridgehead atoms. The summed E-state index contributed by atoms with van der Waals surface area (Å²) in [6, 6.07) is 0. The first-order valence-corrected chi connectivity index (χ1v) is 6.29. The van der Waals surface area contributed by atoms with Crippen LogP contribution in [0.25, 0.3) is 0 Å². The summed E-state index contributed by atoms with van der Waals surface area (Å²) in [5.41, 5.74) is 0. The van der Waals surface area contributed by atoms with Crippen LogP contribution < -0.4 is 0 Å². The van der Waals surface area contributed by atoms with E-state index < -0.39 is 5.97 Å². The maximum Gasteiger partial charge on any atom is 0.307 e. The van der Waals surface area contributed by atoms with E-state index in [-0.39, 0.29) is 49.0 Å². The van der Waals surface area contributed by atoms with E-state index in [1.165, 1.54) is 0 Å². The first kappa shape index (κ1) is 11.6. The van der Waals surface area contributed by atoms with Gasteiger partial charge in [0.05, 0.1) is 24.0 Å². The summed E-state index contributed by atoms with van der Waals surface area (Å²) >= 11 is 0. The fraction of sp³-hybridized carbons (Fsp3) is 0.750. The van der Waals surface area contributed by atoms with Gasteiger partial charge in [-0.25, -0.2) is 4.90 Å². The lowest BCUT2D eigenvalue weighted by Gasteiger charge is -2.16. The van der Waals surface area contributed by atoms with Gasteiger partial charge >= 0.3 is 5.97 Å². The van der Waals surface area contributed by atoms with Gasteiger partial charge in [-0.1, -0.05) is 6.92 Å². The molecule has 0 N–H and O–H groups in total. The molecule has 3 heterocycles. The Bertz CT molecular complexity index is 393. The van der Waals surface area contributed by atoms with E-state index in [2.05, 4.69) is 0 Å². The molecule has 0 aromatic rings. The van der Waals surface area contributed by atoms with Crippen LogP contribution >= 0.6 is 0 Å². The number of carbonyl (C=O) groups is 3. The summed E-state index contributed by atoms with van der Waals surface area (Å²) < 4.78 is 10.5. The SMILES string of the molecule is CCC(=O)OCN1C(=O)C2C3CCC(O3)C2C1=O. The number of fused-ring (bicyclic) bond motifs is 5. The molecule has 6 heteroatoms. The quantitative estimate of drug-likeness (QED) is 0.525. The van der Waals surface area contributed by atoms with Crippen LogP contribution in [0, 0.1) is 11.8 Å². The summed E-state index contributed by atoms with van der Waals surface area (Å²) in [6.45, 7) is 1.41. The molecule has 4 unspecified atom stereocenters. The average molecular weight is 253 g/mol. The van der Waals surface area contributed by atoms with Crippen molar-refractivity contribution in [3.63, 3.8) is 0 Å². The Labute approximate surface area is 104 Å². The van der Waals surface area contributed by atoms with Crippen LogP contribution in [0.2, 0.25) is 0 Å². The van der Waals surface area contributed by atoms with Gasteiger partial charge in [0.1, 0.15) is 0 Å². The summed E-state index contributed by atoms with van der Waals surface area (Å²) in [5.74, 6) is -1.61. The minimum atomic E-state index is -0.410. The van der Waals surface area contributed by atoms with Gasteiger partial charge in [-0.05, 0) is 12.8 Å². The predicted octanol–water partition coefficient (Wildman–Crippen LogP) is 0.0595. The molecule has 0 saturated carbocycles. The third-order valence-electron chi connectivity index (χ3n) is 4.02. The number of amides is 2. The van der Waals surface area contributed by atoms with Gasteiger partial charge in [0, 0.05) is 6.42 Å². The molecule has 6 nitrogen and oxygen atoms in total. The number of imide groups is 1. The summed E-state index contributed by atoms with van der Waals surface area (Å²) in [6.07, 6.45) is 1.67. The molecule has 0 aromatic carbocycles.